The lowest BCUT2D eigenvalue weighted by atomic mass is 10.1. The van der Waals surface area contributed by atoms with Crippen molar-refractivity contribution in [1.29, 1.82) is 0 Å². The first-order valence-electron chi connectivity index (χ1n) is 8.44. The number of aryl methyl sites for hydroxylation is 1. The number of nitrogens with zero attached hydrogens (tertiary/aromatic N) is 2. The number of para-hydroxylation sites is 1. The number of carbonyl (C=O) groups is 2. The van der Waals surface area contributed by atoms with E-state index >= 15 is 0 Å². The third kappa shape index (κ3) is 3.61. The van der Waals surface area contributed by atoms with Crippen molar-refractivity contribution in [1.82, 2.24) is 10.3 Å². The average Bonchev–Trinajstić information content (AvgIpc) is 2.66. The van der Waals surface area contributed by atoms with Gasteiger partial charge in [-0.25, -0.2) is 4.79 Å². The van der Waals surface area contributed by atoms with Crippen molar-refractivity contribution in [3.05, 3.63) is 63.8 Å². The van der Waals surface area contributed by atoms with Crippen LogP contribution in [0.1, 0.15) is 15.9 Å². The van der Waals surface area contributed by atoms with Crippen molar-refractivity contribution in [2.45, 2.75) is 6.92 Å². The molecular weight excluding hydrogens is 399 g/mol. The van der Waals surface area contributed by atoms with Gasteiger partial charge in [0, 0.05) is 25.7 Å². The third-order valence-electron chi connectivity index (χ3n) is 4.34. The van der Waals surface area contributed by atoms with Gasteiger partial charge < -0.3 is 10.6 Å². The number of pyridine rings is 1. The van der Waals surface area contributed by atoms with Crippen LogP contribution in [-0.4, -0.2) is 31.0 Å². The van der Waals surface area contributed by atoms with Crippen molar-refractivity contribution in [2.24, 2.45) is 0 Å². The maximum absolute atomic E-state index is 12.8. The molecule has 3 amide bonds. The van der Waals surface area contributed by atoms with Gasteiger partial charge >= 0.3 is 6.03 Å². The highest BCUT2D eigenvalue weighted by Gasteiger charge is 2.19. The van der Waals surface area contributed by atoms with Gasteiger partial charge in [-0.05, 0) is 30.7 Å². The van der Waals surface area contributed by atoms with E-state index in [0.29, 0.717) is 16.9 Å². The van der Waals surface area contributed by atoms with Gasteiger partial charge in [0.1, 0.15) is 0 Å². The van der Waals surface area contributed by atoms with Gasteiger partial charge in [0.2, 0.25) is 0 Å². The van der Waals surface area contributed by atoms with E-state index in [-0.39, 0.29) is 21.6 Å². The number of carbonyl (C=O) groups excluding carboxylic acids is 2. The Morgan fingerprint density at radius 2 is 1.71 bits per heavy atom. The summed E-state index contributed by atoms with van der Waals surface area (Å²) in [4.78, 5) is 30.9. The Hall–Kier alpha value is -2.83. The lowest BCUT2D eigenvalue weighted by Gasteiger charge is -2.21. The molecule has 0 radical (unpaired) electrons. The number of hydrogen-bond donors (Lipinski definition) is 2. The second-order valence-electron chi connectivity index (χ2n) is 6.16. The van der Waals surface area contributed by atoms with E-state index in [1.807, 2.05) is 13.0 Å². The molecule has 0 spiro atoms. The minimum atomic E-state index is -0.438. The van der Waals surface area contributed by atoms with Crippen LogP contribution in [0.3, 0.4) is 0 Å². The van der Waals surface area contributed by atoms with Gasteiger partial charge in [-0.15, -0.1) is 0 Å². The molecule has 0 atom stereocenters. The molecule has 28 heavy (non-hydrogen) atoms. The molecule has 2 N–H and O–H groups in total. The summed E-state index contributed by atoms with van der Waals surface area (Å²) in [5, 5.41) is 6.67. The highest BCUT2D eigenvalue weighted by atomic mass is 35.5. The Bertz CT molecular complexity index is 1060. The minimum Gasteiger partial charge on any atom is -0.341 e. The van der Waals surface area contributed by atoms with Crippen LogP contribution in [-0.2, 0) is 0 Å². The van der Waals surface area contributed by atoms with Gasteiger partial charge in [0.25, 0.3) is 5.91 Å². The number of urea groups is 1. The number of hydrogen-bond acceptors (Lipinski definition) is 3. The largest absolute Gasteiger partial charge is 0.341 e. The monoisotopic (exact) mass is 416 g/mol. The second kappa shape index (κ2) is 8.04. The van der Waals surface area contributed by atoms with Gasteiger partial charge in [-0.2, -0.15) is 0 Å². The molecule has 0 saturated carbocycles. The molecular formula is C20H18Cl2N4O2. The Morgan fingerprint density at radius 3 is 2.36 bits per heavy atom. The van der Waals surface area contributed by atoms with E-state index in [0.717, 1.165) is 10.9 Å². The van der Waals surface area contributed by atoms with E-state index in [1.54, 1.807) is 50.6 Å². The molecule has 8 heteroatoms. The minimum absolute atomic E-state index is 0.192. The van der Waals surface area contributed by atoms with Crippen LogP contribution in [0.2, 0.25) is 10.0 Å². The van der Waals surface area contributed by atoms with E-state index < -0.39 is 5.91 Å². The van der Waals surface area contributed by atoms with Crippen LogP contribution in [0, 0.1) is 6.92 Å². The number of amides is 3. The average molecular weight is 417 g/mol. The Labute approximate surface area is 172 Å². The Kier molecular flexibility index (Phi) is 5.72. The molecule has 0 saturated heterocycles. The maximum atomic E-state index is 12.8. The highest BCUT2D eigenvalue weighted by molar-refractivity contribution is 6.40. The fourth-order valence-corrected chi connectivity index (χ4v) is 3.59. The first-order valence-corrected chi connectivity index (χ1v) is 9.20. The molecule has 0 fully saturated rings. The first-order chi connectivity index (χ1) is 13.3. The number of fused-ring (bicyclic) bond motifs is 1. The zero-order chi connectivity index (χ0) is 20.4. The SMILES string of the molecule is CNC(=O)N(C)c1c(C)cnc2c(NC(=O)c3c(Cl)cccc3Cl)cccc12. The topological polar surface area (TPSA) is 74.3 Å². The summed E-state index contributed by atoms with van der Waals surface area (Å²) in [6, 6.07) is 9.98. The summed E-state index contributed by atoms with van der Waals surface area (Å²) in [6.45, 7) is 1.87. The van der Waals surface area contributed by atoms with Crippen LogP contribution in [0.15, 0.2) is 42.6 Å². The quantitative estimate of drug-likeness (QED) is 0.638. The van der Waals surface area contributed by atoms with Gasteiger partial charge in [-0.1, -0.05) is 41.4 Å². The molecule has 2 aromatic carbocycles. The van der Waals surface area contributed by atoms with Crippen molar-refractivity contribution in [3.8, 4) is 0 Å². The Balaban J connectivity index is 2.09. The molecule has 0 aliphatic rings. The van der Waals surface area contributed by atoms with Gasteiger partial charge in [-0.3, -0.25) is 14.7 Å². The molecule has 1 aromatic heterocycles. The summed E-state index contributed by atoms with van der Waals surface area (Å²) in [6.07, 6.45) is 1.66. The van der Waals surface area contributed by atoms with Crippen molar-refractivity contribution >= 4 is 57.4 Å². The normalized spacial score (nSPS) is 10.6. The molecule has 0 aliphatic carbocycles. The molecule has 3 aromatic rings. The molecule has 6 nitrogen and oxygen atoms in total. The zero-order valence-electron chi connectivity index (χ0n) is 15.5. The van der Waals surface area contributed by atoms with Crippen LogP contribution in [0.25, 0.3) is 10.9 Å². The summed E-state index contributed by atoms with van der Waals surface area (Å²) >= 11 is 12.3. The predicted molar refractivity (Wildman–Crippen MR) is 114 cm³/mol. The summed E-state index contributed by atoms with van der Waals surface area (Å²) in [7, 11) is 3.24. The highest BCUT2D eigenvalue weighted by Crippen LogP contribution is 2.33. The number of rotatable bonds is 3. The predicted octanol–water partition coefficient (Wildman–Crippen LogP) is 4.88. The van der Waals surface area contributed by atoms with Crippen LogP contribution >= 0.6 is 23.2 Å². The number of aromatic nitrogens is 1. The van der Waals surface area contributed by atoms with E-state index in [4.69, 9.17) is 23.2 Å². The zero-order valence-corrected chi connectivity index (χ0v) is 17.0. The van der Waals surface area contributed by atoms with E-state index in [2.05, 4.69) is 15.6 Å². The van der Waals surface area contributed by atoms with Crippen molar-refractivity contribution < 1.29 is 9.59 Å². The molecule has 3 rings (SSSR count). The smallest absolute Gasteiger partial charge is 0.321 e. The number of benzene rings is 2. The third-order valence-corrected chi connectivity index (χ3v) is 4.97. The lowest BCUT2D eigenvalue weighted by Crippen LogP contribution is -2.35. The molecule has 1 heterocycles. The molecule has 0 unspecified atom stereocenters. The lowest BCUT2D eigenvalue weighted by molar-refractivity contribution is 0.102. The fraction of sp³-hybridized carbons (Fsp3) is 0.150. The molecule has 144 valence electrons. The van der Waals surface area contributed by atoms with Crippen LogP contribution in [0.4, 0.5) is 16.2 Å². The maximum Gasteiger partial charge on any atom is 0.321 e. The molecule has 0 bridgehead atoms. The number of halogens is 2. The van der Waals surface area contributed by atoms with E-state index in [1.165, 1.54) is 4.90 Å². The van der Waals surface area contributed by atoms with Gasteiger partial charge in [0.05, 0.1) is 32.5 Å². The van der Waals surface area contributed by atoms with Crippen molar-refractivity contribution in [2.75, 3.05) is 24.3 Å². The summed E-state index contributed by atoms with van der Waals surface area (Å²) in [5.41, 5.74) is 2.77. The standard InChI is InChI=1S/C20H18Cl2N4O2/c1-11-10-24-17-12(18(11)26(3)20(28)23-2)6-4-9-15(17)25-19(27)16-13(21)7-5-8-14(16)22/h4-10H,1-3H3,(H,23,28)(H,25,27). The van der Waals surface area contributed by atoms with E-state index in [9.17, 15) is 9.59 Å². The summed E-state index contributed by atoms with van der Waals surface area (Å²) in [5.74, 6) is -0.438. The van der Waals surface area contributed by atoms with Crippen LogP contribution < -0.4 is 15.5 Å². The van der Waals surface area contributed by atoms with Crippen LogP contribution in [0.5, 0.6) is 0 Å². The Morgan fingerprint density at radius 1 is 1.07 bits per heavy atom. The summed E-state index contributed by atoms with van der Waals surface area (Å²) < 4.78 is 0. The number of anilines is 2. The van der Waals surface area contributed by atoms with Gasteiger partial charge in [0.15, 0.2) is 0 Å². The first kappa shape index (κ1) is 19.9. The fourth-order valence-electron chi connectivity index (χ4n) is 3.02. The second-order valence-corrected chi connectivity index (χ2v) is 6.97. The molecule has 0 aliphatic heterocycles. The van der Waals surface area contributed by atoms with Crippen molar-refractivity contribution in [3.63, 3.8) is 0 Å². The number of nitrogens with one attached hydrogen (secondary N) is 2.